The molecule has 1 unspecified atom stereocenters. The number of hydrogen-bond acceptors (Lipinski definition) is 3. The third kappa shape index (κ3) is 2.65. The molecule has 0 saturated carbocycles. The highest BCUT2D eigenvalue weighted by Gasteiger charge is 2.20. The lowest BCUT2D eigenvalue weighted by Gasteiger charge is -2.16. The SMILES string of the molecule is CCc1ccc(O)c(C(O)c2ccccc2C(=O)O)c1. The number of rotatable bonds is 4. The van der Waals surface area contributed by atoms with Crippen molar-refractivity contribution in [2.24, 2.45) is 0 Å². The molecule has 0 saturated heterocycles. The van der Waals surface area contributed by atoms with Crippen LogP contribution in [0.5, 0.6) is 5.75 Å². The Balaban J connectivity index is 2.51. The summed E-state index contributed by atoms with van der Waals surface area (Å²) in [4.78, 5) is 11.2. The quantitative estimate of drug-likeness (QED) is 0.799. The van der Waals surface area contributed by atoms with Gasteiger partial charge in [0.15, 0.2) is 0 Å². The van der Waals surface area contributed by atoms with Crippen LogP contribution in [0.2, 0.25) is 0 Å². The summed E-state index contributed by atoms with van der Waals surface area (Å²) in [5.41, 5.74) is 1.58. The van der Waals surface area contributed by atoms with E-state index in [1.54, 1.807) is 30.3 Å². The summed E-state index contributed by atoms with van der Waals surface area (Å²) in [6, 6.07) is 11.2. The van der Waals surface area contributed by atoms with E-state index in [4.69, 9.17) is 5.11 Å². The molecule has 4 heteroatoms. The van der Waals surface area contributed by atoms with Gasteiger partial charge in [-0.25, -0.2) is 4.79 Å². The summed E-state index contributed by atoms with van der Waals surface area (Å²) in [5, 5.41) is 29.4. The third-order valence-electron chi connectivity index (χ3n) is 3.28. The molecule has 104 valence electrons. The van der Waals surface area contributed by atoms with Crippen molar-refractivity contribution >= 4 is 5.97 Å². The molecular weight excluding hydrogens is 256 g/mol. The van der Waals surface area contributed by atoms with E-state index < -0.39 is 12.1 Å². The zero-order chi connectivity index (χ0) is 14.7. The summed E-state index contributed by atoms with van der Waals surface area (Å²) in [7, 11) is 0. The van der Waals surface area contributed by atoms with Crippen LogP contribution in [0.3, 0.4) is 0 Å². The van der Waals surface area contributed by atoms with Gasteiger partial charge in [0.05, 0.1) is 5.56 Å². The zero-order valence-corrected chi connectivity index (χ0v) is 11.1. The van der Waals surface area contributed by atoms with Gasteiger partial charge in [-0.1, -0.05) is 31.2 Å². The number of hydrogen-bond donors (Lipinski definition) is 3. The third-order valence-corrected chi connectivity index (χ3v) is 3.28. The number of carbonyl (C=O) groups is 1. The molecule has 3 N–H and O–H groups in total. The van der Waals surface area contributed by atoms with Crippen molar-refractivity contribution in [3.8, 4) is 5.75 Å². The molecule has 2 aromatic rings. The number of aliphatic hydroxyl groups excluding tert-OH is 1. The smallest absolute Gasteiger partial charge is 0.336 e. The van der Waals surface area contributed by atoms with Gasteiger partial charge in [-0.3, -0.25) is 0 Å². The van der Waals surface area contributed by atoms with Gasteiger partial charge in [-0.05, 0) is 35.7 Å². The Morgan fingerprint density at radius 3 is 2.50 bits per heavy atom. The molecule has 4 nitrogen and oxygen atoms in total. The normalized spacial score (nSPS) is 12.1. The maximum absolute atomic E-state index is 11.2. The summed E-state index contributed by atoms with van der Waals surface area (Å²) < 4.78 is 0. The van der Waals surface area contributed by atoms with Crippen LogP contribution in [-0.2, 0) is 6.42 Å². The molecule has 0 radical (unpaired) electrons. The number of carboxylic acid groups (broad SMARTS) is 1. The van der Waals surface area contributed by atoms with Gasteiger partial charge in [-0.15, -0.1) is 0 Å². The molecule has 20 heavy (non-hydrogen) atoms. The van der Waals surface area contributed by atoms with Crippen LogP contribution in [0.15, 0.2) is 42.5 Å². The number of aryl methyl sites for hydroxylation is 1. The maximum Gasteiger partial charge on any atom is 0.336 e. The second-order valence-corrected chi connectivity index (χ2v) is 4.54. The molecule has 0 spiro atoms. The number of phenolic OH excluding ortho intramolecular Hbond substituents is 1. The van der Waals surface area contributed by atoms with Gasteiger partial charge < -0.3 is 15.3 Å². The molecule has 1 atom stereocenters. The fourth-order valence-corrected chi connectivity index (χ4v) is 2.14. The average Bonchev–Trinajstić information content (AvgIpc) is 2.47. The first-order valence-corrected chi connectivity index (χ1v) is 6.36. The summed E-state index contributed by atoms with van der Waals surface area (Å²) in [6.45, 7) is 1.97. The standard InChI is InChI=1S/C16H16O4/c1-2-10-7-8-14(17)13(9-10)15(18)11-5-3-4-6-12(11)16(19)20/h3-9,15,17-18H,2H2,1H3,(H,19,20). The van der Waals surface area contributed by atoms with E-state index in [0.717, 1.165) is 12.0 Å². The number of phenols is 1. The number of aromatic carboxylic acids is 1. The van der Waals surface area contributed by atoms with E-state index in [1.165, 1.54) is 12.1 Å². The van der Waals surface area contributed by atoms with Crippen LogP contribution in [0.1, 0.15) is 40.1 Å². The van der Waals surface area contributed by atoms with Gasteiger partial charge in [0.1, 0.15) is 11.9 Å². The first-order chi connectivity index (χ1) is 9.54. The fraction of sp³-hybridized carbons (Fsp3) is 0.188. The van der Waals surface area contributed by atoms with Gasteiger partial charge in [0.25, 0.3) is 0 Å². The molecular formula is C16H16O4. The Morgan fingerprint density at radius 2 is 1.85 bits per heavy atom. The Hall–Kier alpha value is -2.33. The van der Waals surface area contributed by atoms with Crippen LogP contribution in [-0.4, -0.2) is 21.3 Å². The average molecular weight is 272 g/mol. The van der Waals surface area contributed by atoms with Crippen LogP contribution in [0.4, 0.5) is 0 Å². The van der Waals surface area contributed by atoms with Crippen LogP contribution in [0.25, 0.3) is 0 Å². The Kier molecular flexibility index (Phi) is 4.05. The van der Waals surface area contributed by atoms with Crippen LogP contribution >= 0.6 is 0 Å². The lowest BCUT2D eigenvalue weighted by molar-refractivity contribution is 0.0691. The second-order valence-electron chi connectivity index (χ2n) is 4.54. The van der Waals surface area contributed by atoms with E-state index in [2.05, 4.69) is 0 Å². The Labute approximate surface area is 116 Å². The van der Waals surface area contributed by atoms with E-state index in [1.807, 2.05) is 6.92 Å². The topological polar surface area (TPSA) is 77.8 Å². The van der Waals surface area contributed by atoms with Crippen molar-refractivity contribution < 1.29 is 20.1 Å². The molecule has 0 aliphatic heterocycles. The largest absolute Gasteiger partial charge is 0.508 e. The minimum absolute atomic E-state index is 0.0290. The maximum atomic E-state index is 11.2. The molecule has 2 rings (SSSR count). The molecule has 0 fully saturated rings. The summed E-state index contributed by atoms with van der Waals surface area (Å²) in [5.74, 6) is -1.15. The van der Waals surface area contributed by atoms with Crippen molar-refractivity contribution in [3.63, 3.8) is 0 Å². The van der Waals surface area contributed by atoms with Gasteiger partial charge >= 0.3 is 5.97 Å². The molecule has 0 aromatic heterocycles. The van der Waals surface area contributed by atoms with Gasteiger partial charge in [0.2, 0.25) is 0 Å². The van der Waals surface area contributed by atoms with Crippen LogP contribution < -0.4 is 0 Å². The molecule has 2 aromatic carbocycles. The van der Waals surface area contributed by atoms with Gasteiger partial charge in [0, 0.05) is 5.56 Å². The van der Waals surface area contributed by atoms with Crippen molar-refractivity contribution in [2.75, 3.05) is 0 Å². The minimum atomic E-state index is -1.17. The number of aliphatic hydroxyl groups is 1. The van der Waals surface area contributed by atoms with E-state index in [9.17, 15) is 15.0 Å². The second kappa shape index (κ2) is 5.75. The number of aromatic hydroxyl groups is 1. The van der Waals surface area contributed by atoms with Crippen molar-refractivity contribution in [1.82, 2.24) is 0 Å². The predicted molar refractivity (Wildman–Crippen MR) is 74.9 cm³/mol. The van der Waals surface area contributed by atoms with E-state index in [0.29, 0.717) is 5.56 Å². The first kappa shape index (κ1) is 14.1. The molecule has 0 aliphatic rings. The monoisotopic (exact) mass is 272 g/mol. The van der Waals surface area contributed by atoms with Gasteiger partial charge in [-0.2, -0.15) is 0 Å². The summed E-state index contributed by atoms with van der Waals surface area (Å²) in [6.07, 6.45) is -0.408. The minimum Gasteiger partial charge on any atom is -0.508 e. The first-order valence-electron chi connectivity index (χ1n) is 6.36. The van der Waals surface area contributed by atoms with Crippen molar-refractivity contribution in [1.29, 1.82) is 0 Å². The number of carboxylic acids is 1. The highest BCUT2D eigenvalue weighted by atomic mass is 16.4. The highest BCUT2D eigenvalue weighted by molar-refractivity contribution is 5.89. The van der Waals surface area contributed by atoms with E-state index >= 15 is 0 Å². The number of benzene rings is 2. The van der Waals surface area contributed by atoms with E-state index in [-0.39, 0.29) is 16.9 Å². The van der Waals surface area contributed by atoms with Crippen molar-refractivity contribution in [2.45, 2.75) is 19.4 Å². The Bertz CT molecular complexity index is 634. The fourth-order valence-electron chi connectivity index (χ4n) is 2.14. The molecule has 0 bridgehead atoms. The predicted octanol–water partition coefficient (Wildman–Crippen LogP) is 2.73. The summed E-state index contributed by atoms with van der Waals surface area (Å²) >= 11 is 0. The van der Waals surface area contributed by atoms with Crippen molar-refractivity contribution in [3.05, 3.63) is 64.7 Å². The zero-order valence-electron chi connectivity index (χ0n) is 11.1. The highest BCUT2D eigenvalue weighted by Crippen LogP contribution is 2.32. The lowest BCUT2D eigenvalue weighted by atomic mass is 9.94. The molecule has 0 amide bonds. The molecule has 0 heterocycles. The lowest BCUT2D eigenvalue weighted by Crippen LogP contribution is -2.08. The molecule has 0 aliphatic carbocycles. The Morgan fingerprint density at radius 1 is 1.15 bits per heavy atom. The van der Waals surface area contributed by atoms with Crippen LogP contribution in [0, 0.1) is 0 Å².